The van der Waals surface area contributed by atoms with E-state index in [1.165, 1.54) is 0 Å². The van der Waals surface area contributed by atoms with Crippen molar-refractivity contribution in [2.45, 2.75) is 39.8 Å². The van der Waals surface area contributed by atoms with Crippen molar-refractivity contribution in [2.24, 2.45) is 0 Å². The van der Waals surface area contributed by atoms with Crippen LogP contribution >= 0.6 is 0 Å². The van der Waals surface area contributed by atoms with Gasteiger partial charge in [0.15, 0.2) is 0 Å². The highest BCUT2D eigenvalue weighted by Gasteiger charge is 2.12. The molecule has 1 aromatic rings. The quantitative estimate of drug-likeness (QED) is 0.799. The Kier molecular flexibility index (Phi) is 5.19. The van der Waals surface area contributed by atoms with Gasteiger partial charge in [0, 0.05) is 31.4 Å². The van der Waals surface area contributed by atoms with E-state index in [1.54, 1.807) is 12.5 Å². The molecule has 1 heterocycles. The van der Waals surface area contributed by atoms with Gasteiger partial charge in [-0.2, -0.15) is 0 Å². The van der Waals surface area contributed by atoms with Gasteiger partial charge in [0.2, 0.25) is 0 Å². The molecular formula is C12H22N4. The second-order valence-corrected chi connectivity index (χ2v) is 4.45. The average molecular weight is 222 g/mol. The highest BCUT2D eigenvalue weighted by Crippen LogP contribution is 2.04. The number of anilines is 1. The molecule has 1 aromatic heterocycles. The first-order chi connectivity index (χ1) is 7.61. The number of hydrogen-bond donors (Lipinski definition) is 1. The summed E-state index contributed by atoms with van der Waals surface area (Å²) in [4.78, 5) is 10.5. The number of rotatable bonds is 6. The van der Waals surface area contributed by atoms with Crippen LogP contribution in [0, 0.1) is 0 Å². The van der Waals surface area contributed by atoms with Gasteiger partial charge in [-0.1, -0.05) is 0 Å². The highest BCUT2D eigenvalue weighted by molar-refractivity contribution is 5.31. The molecule has 0 atom stereocenters. The molecule has 0 radical (unpaired) electrons. The zero-order valence-electron chi connectivity index (χ0n) is 10.6. The summed E-state index contributed by atoms with van der Waals surface area (Å²) in [5.74, 6) is 0.891. The third kappa shape index (κ3) is 4.14. The fourth-order valence-electron chi connectivity index (χ4n) is 1.82. The molecule has 4 nitrogen and oxygen atoms in total. The zero-order valence-corrected chi connectivity index (χ0v) is 10.6. The monoisotopic (exact) mass is 222 g/mol. The molecule has 90 valence electrons. The summed E-state index contributed by atoms with van der Waals surface area (Å²) in [5, 5.41) is 3.29. The maximum atomic E-state index is 4.12. The number of nitrogens with one attached hydrogen (secondary N) is 1. The van der Waals surface area contributed by atoms with E-state index in [1.807, 2.05) is 6.07 Å². The van der Waals surface area contributed by atoms with Crippen LogP contribution in [-0.4, -0.2) is 40.0 Å². The van der Waals surface area contributed by atoms with Crippen LogP contribution in [0.3, 0.4) is 0 Å². The molecule has 16 heavy (non-hydrogen) atoms. The molecule has 0 unspecified atom stereocenters. The Bertz CT molecular complexity index is 276. The maximum absolute atomic E-state index is 4.12. The fraction of sp³-hybridized carbons (Fsp3) is 0.667. The van der Waals surface area contributed by atoms with E-state index in [0.717, 1.165) is 18.9 Å². The summed E-state index contributed by atoms with van der Waals surface area (Å²) in [5.41, 5.74) is 0. The van der Waals surface area contributed by atoms with Gasteiger partial charge in [0.1, 0.15) is 12.1 Å². The van der Waals surface area contributed by atoms with Gasteiger partial charge < -0.3 is 5.32 Å². The van der Waals surface area contributed by atoms with Crippen molar-refractivity contribution in [2.75, 3.05) is 18.4 Å². The number of hydrogen-bond acceptors (Lipinski definition) is 4. The fourth-order valence-corrected chi connectivity index (χ4v) is 1.82. The van der Waals surface area contributed by atoms with Crippen molar-refractivity contribution in [1.29, 1.82) is 0 Å². The van der Waals surface area contributed by atoms with E-state index >= 15 is 0 Å². The molecule has 0 aliphatic heterocycles. The van der Waals surface area contributed by atoms with Crippen molar-refractivity contribution in [3.63, 3.8) is 0 Å². The number of aromatic nitrogens is 2. The molecule has 4 heteroatoms. The summed E-state index contributed by atoms with van der Waals surface area (Å²) < 4.78 is 0. The van der Waals surface area contributed by atoms with Gasteiger partial charge in [-0.3, -0.25) is 4.90 Å². The lowest BCUT2D eigenvalue weighted by Gasteiger charge is -2.30. The van der Waals surface area contributed by atoms with Gasteiger partial charge in [-0.05, 0) is 33.8 Å². The van der Waals surface area contributed by atoms with E-state index in [2.05, 4.69) is 47.9 Å². The summed E-state index contributed by atoms with van der Waals surface area (Å²) in [7, 11) is 0. The van der Waals surface area contributed by atoms with E-state index in [9.17, 15) is 0 Å². The predicted octanol–water partition coefficient (Wildman–Crippen LogP) is 2.01. The minimum atomic E-state index is 0.576. The average Bonchev–Trinajstić information content (AvgIpc) is 2.24. The first-order valence-corrected chi connectivity index (χ1v) is 5.87. The first-order valence-electron chi connectivity index (χ1n) is 5.87. The van der Waals surface area contributed by atoms with Gasteiger partial charge in [-0.25, -0.2) is 9.97 Å². The molecule has 0 saturated carbocycles. The van der Waals surface area contributed by atoms with Crippen LogP contribution in [-0.2, 0) is 0 Å². The summed E-state index contributed by atoms with van der Waals surface area (Å²) >= 11 is 0. The van der Waals surface area contributed by atoms with E-state index in [-0.39, 0.29) is 0 Å². The minimum absolute atomic E-state index is 0.576. The highest BCUT2D eigenvalue weighted by atomic mass is 15.2. The van der Waals surface area contributed by atoms with E-state index in [0.29, 0.717) is 12.1 Å². The molecule has 1 rings (SSSR count). The van der Waals surface area contributed by atoms with Crippen LogP contribution in [0.5, 0.6) is 0 Å². The van der Waals surface area contributed by atoms with Gasteiger partial charge in [-0.15, -0.1) is 0 Å². The van der Waals surface area contributed by atoms with E-state index < -0.39 is 0 Å². The van der Waals surface area contributed by atoms with Gasteiger partial charge in [0.25, 0.3) is 0 Å². The molecule has 0 aliphatic carbocycles. The molecule has 0 aliphatic rings. The molecule has 1 N–H and O–H groups in total. The molecule has 0 saturated heterocycles. The van der Waals surface area contributed by atoms with Crippen LogP contribution in [0.1, 0.15) is 27.7 Å². The van der Waals surface area contributed by atoms with Gasteiger partial charge in [0.05, 0.1) is 0 Å². The van der Waals surface area contributed by atoms with E-state index in [4.69, 9.17) is 0 Å². The van der Waals surface area contributed by atoms with Crippen molar-refractivity contribution >= 4 is 5.82 Å². The second-order valence-electron chi connectivity index (χ2n) is 4.45. The minimum Gasteiger partial charge on any atom is -0.369 e. The molecule has 0 bridgehead atoms. The SMILES string of the molecule is CC(C)N(CCNc1ccncn1)C(C)C. The smallest absolute Gasteiger partial charge is 0.129 e. The molecule has 0 amide bonds. The Labute approximate surface area is 98.1 Å². The summed E-state index contributed by atoms with van der Waals surface area (Å²) in [6.07, 6.45) is 3.31. The molecule has 0 fully saturated rings. The zero-order chi connectivity index (χ0) is 12.0. The lowest BCUT2D eigenvalue weighted by atomic mass is 10.2. The largest absolute Gasteiger partial charge is 0.369 e. The van der Waals surface area contributed by atoms with Gasteiger partial charge >= 0.3 is 0 Å². The Morgan fingerprint density at radius 1 is 1.25 bits per heavy atom. The lowest BCUT2D eigenvalue weighted by molar-refractivity contribution is 0.182. The van der Waals surface area contributed by atoms with Crippen LogP contribution in [0.2, 0.25) is 0 Å². The Hall–Kier alpha value is -1.16. The Morgan fingerprint density at radius 2 is 1.94 bits per heavy atom. The van der Waals surface area contributed by atoms with Crippen molar-refractivity contribution in [3.8, 4) is 0 Å². The third-order valence-corrected chi connectivity index (χ3v) is 2.58. The summed E-state index contributed by atoms with van der Waals surface area (Å²) in [6.45, 7) is 10.8. The first kappa shape index (κ1) is 12.9. The molecular weight excluding hydrogens is 200 g/mol. The topological polar surface area (TPSA) is 41.0 Å². The van der Waals surface area contributed by atoms with Crippen molar-refractivity contribution in [1.82, 2.24) is 14.9 Å². The molecule has 0 spiro atoms. The third-order valence-electron chi connectivity index (χ3n) is 2.58. The lowest BCUT2D eigenvalue weighted by Crippen LogP contribution is -2.40. The normalized spacial score (nSPS) is 11.4. The van der Waals surface area contributed by atoms with Crippen molar-refractivity contribution < 1.29 is 0 Å². The van der Waals surface area contributed by atoms with Crippen LogP contribution in [0.25, 0.3) is 0 Å². The van der Waals surface area contributed by atoms with Crippen LogP contribution < -0.4 is 5.32 Å². The summed E-state index contributed by atoms with van der Waals surface area (Å²) in [6, 6.07) is 3.04. The van der Waals surface area contributed by atoms with Crippen LogP contribution in [0.15, 0.2) is 18.6 Å². The van der Waals surface area contributed by atoms with Crippen molar-refractivity contribution in [3.05, 3.63) is 18.6 Å². The second kappa shape index (κ2) is 6.43. The van der Waals surface area contributed by atoms with Crippen LogP contribution in [0.4, 0.5) is 5.82 Å². The molecule has 0 aromatic carbocycles. The predicted molar refractivity (Wildman–Crippen MR) is 67.5 cm³/mol. The maximum Gasteiger partial charge on any atom is 0.129 e. The Balaban J connectivity index is 2.34. The number of nitrogens with zero attached hydrogens (tertiary/aromatic N) is 3. The Morgan fingerprint density at radius 3 is 2.44 bits per heavy atom. The standard InChI is InChI=1S/C12H22N4/c1-10(2)16(11(3)4)8-7-14-12-5-6-13-9-15-12/h5-6,9-11H,7-8H2,1-4H3,(H,13,14,15).